The van der Waals surface area contributed by atoms with Crippen LogP contribution in [0.4, 0.5) is 0 Å². The van der Waals surface area contributed by atoms with E-state index >= 15 is 0 Å². The topological polar surface area (TPSA) is 20.2 Å². The Hall–Kier alpha value is -0.0500. The largest absolute Gasteiger partial charge is 0.393 e. The fourth-order valence-electron chi connectivity index (χ4n) is 2.00. The Balaban J connectivity index is 2.12. The molecule has 72 valence electrons. The average molecular weight is 217 g/mol. The van der Waals surface area contributed by atoms with Gasteiger partial charge in [-0.2, -0.15) is 0 Å². The fourth-order valence-corrected chi connectivity index (χ4v) is 3.36. The van der Waals surface area contributed by atoms with Gasteiger partial charge < -0.3 is 5.11 Å². The summed E-state index contributed by atoms with van der Waals surface area (Å²) in [5.74, 6) is 0.497. The molecule has 1 nitrogen and oxygen atoms in total. The molecule has 0 aliphatic heterocycles. The maximum atomic E-state index is 9.53. The van der Waals surface area contributed by atoms with Gasteiger partial charge in [-0.05, 0) is 36.6 Å². The smallest absolute Gasteiger partial charge is 0.0547 e. The lowest BCUT2D eigenvalue weighted by Gasteiger charge is -2.25. The van der Waals surface area contributed by atoms with Crippen LogP contribution in [-0.4, -0.2) is 11.2 Å². The van der Waals surface area contributed by atoms with Gasteiger partial charge in [0.15, 0.2) is 0 Å². The van der Waals surface area contributed by atoms with E-state index in [1.54, 1.807) is 11.3 Å². The molecule has 3 heteroatoms. The Morgan fingerprint density at radius 3 is 2.92 bits per heavy atom. The van der Waals surface area contributed by atoms with Crippen molar-refractivity contribution in [1.82, 2.24) is 0 Å². The molecule has 1 saturated carbocycles. The molecule has 1 fully saturated rings. The molecule has 0 aromatic carbocycles. The molecule has 0 amide bonds. The second-order valence-electron chi connectivity index (χ2n) is 3.65. The van der Waals surface area contributed by atoms with Crippen molar-refractivity contribution in [1.29, 1.82) is 0 Å². The first-order chi connectivity index (χ1) is 6.27. The van der Waals surface area contributed by atoms with Crippen LogP contribution >= 0.6 is 22.9 Å². The minimum atomic E-state index is -0.114. The van der Waals surface area contributed by atoms with Crippen LogP contribution in [0.1, 0.15) is 36.5 Å². The molecule has 1 aliphatic rings. The van der Waals surface area contributed by atoms with Gasteiger partial charge in [-0.1, -0.05) is 18.0 Å². The molecule has 0 spiro atoms. The number of halogens is 1. The monoisotopic (exact) mass is 216 g/mol. The van der Waals surface area contributed by atoms with Gasteiger partial charge in [0.2, 0.25) is 0 Å². The molecule has 1 aromatic heterocycles. The lowest BCUT2D eigenvalue weighted by molar-refractivity contribution is 0.120. The molecule has 2 atom stereocenters. The summed E-state index contributed by atoms with van der Waals surface area (Å²) in [6, 6.07) is 1.95. The van der Waals surface area contributed by atoms with Gasteiger partial charge in [0, 0.05) is 4.88 Å². The van der Waals surface area contributed by atoms with Crippen molar-refractivity contribution in [2.45, 2.75) is 37.7 Å². The molecule has 0 saturated heterocycles. The third-order valence-electron chi connectivity index (χ3n) is 2.66. The van der Waals surface area contributed by atoms with Crippen molar-refractivity contribution in [3.05, 3.63) is 21.3 Å². The highest BCUT2D eigenvalue weighted by atomic mass is 35.5. The van der Waals surface area contributed by atoms with Crippen molar-refractivity contribution < 1.29 is 5.11 Å². The van der Waals surface area contributed by atoms with E-state index in [-0.39, 0.29) is 6.10 Å². The molecule has 13 heavy (non-hydrogen) atoms. The maximum Gasteiger partial charge on any atom is 0.0547 e. The number of hydrogen-bond donors (Lipinski definition) is 1. The first-order valence-corrected chi connectivity index (χ1v) is 5.94. The maximum absolute atomic E-state index is 9.53. The number of aliphatic hydroxyl groups is 1. The summed E-state index contributed by atoms with van der Waals surface area (Å²) in [6.07, 6.45) is 4.04. The SMILES string of the molecule is OC1CCCC(c2sccc2Cl)C1. The van der Waals surface area contributed by atoms with Crippen LogP contribution < -0.4 is 0 Å². The number of aliphatic hydroxyl groups excluding tert-OH is 1. The molecule has 1 heterocycles. The molecule has 1 N–H and O–H groups in total. The lowest BCUT2D eigenvalue weighted by Crippen LogP contribution is -2.17. The van der Waals surface area contributed by atoms with E-state index in [2.05, 4.69) is 0 Å². The van der Waals surface area contributed by atoms with Crippen LogP contribution in [-0.2, 0) is 0 Å². The van der Waals surface area contributed by atoms with E-state index in [1.165, 1.54) is 11.3 Å². The summed E-state index contributed by atoms with van der Waals surface area (Å²) in [4.78, 5) is 1.26. The van der Waals surface area contributed by atoms with Crippen molar-refractivity contribution in [3.63, 3.8) is 0 Å². The highest BCUT2D eigenvalue weighted by molar-refractivity contribution is 7.10. The highest BCUT2D eigenvalue weighted by Crippen LogP contribution is 2.39. The summed E-state index contributed by atoms with van der Waals surface area (Å²) in [6.45, 7) is 0. The number of hydrogen-bond acceptors (Lipinski definition) is 2. The first kappa shape index (κ1) is 9.50. The molecular weight excluding hydrogens is 204 g/mol. The normalized spacial score (nSPS) is 29.1. The van der Waals surface area contributed by atoms with Crippen LogP contribution in [0, 0.1) is 0 Å². The van der Waals surface area contributed by atoms with Crippen LogP contribution in [0.15, 0.2) is 11.4 Å². The summed E-state index contributed by atoms with van der Waals surface area (Å²) in [5.41, 5.74) is 0. The van der Waals surface area contributed by atoms with Gasteiger partial charge in [0.05, 0.1) is 11.1 Å². The average Bonchev–Trinajstić information content (AvgIpc) is 2.51. The van der Waals surface area contributed by atoms with Crippen LogP contribution in [0.5, 0.6) is 0 Å². The molecule has 0 bridgehead atoms. The van der Waals surface area contributed by atoms with E-state index in [0.29, 0.717) is 5.92 Å². The number of thiophene rings is 1. The Morgan fingerprint density at radius 2 is 2.31 bits per heavy atom. The van der Waals surface area contributed by atoms with Crippen LogP contribution in [0.25, 0.3) is 0 Å². The third-order valence-corrected chi connectivity index (χ3v) is 4.18. The molecule has 2 rings (SSSR count). The first-order valence-electron chi connectivity index (χ1n) is 4.68. The van der Waals surface area contributed by atoms with Gasteiger partial charge in [-0.3, -0.25) is 0 Å². The molecule has 1 aliphatic carbocycles. The number of rotatable bonds is 1. The molecule has 1 aromatic rings. The molecular formula is C10H13ClOS. The van der Waals surface area contributed by atoms with Gasteiger partial charge in [0.1, 0.15) is 0 Å². The van der Waals surface area contributed by atoms with E-state index in [4.69, 9.17) is 11.6 Å². The second kappa shape index (κ2) is 3.99. The highest BCUT2D eigenvalue weighted by Gasteiger charge is 2.23. The Kier molecular flexibility index (Phi) is 2.92. The zero-order chi connectivity index (χ0) is 9.26. The summed E-state index contributed by atoms with van der Waals surface area (Å²) < 4.78 is 0. The lowest BCUT2D eigenvalue weighted by atomic mass is 9.86. The predicted octanol–water partition coefficient (Wildman–Crippen LogP) is 3.42. The van der Waals surface area contributed by atoms with Crippen LogP contribution in [0.3, 0.4) is 0 Å². The van der Waals surface area contributed by atoms with Crippen molar-refractivity contribution >= 4 is 22.9 Å². The van der Waals surface area contributed by atoms with Crippen LogP contribution in [0.2, 0.25) is 5.02 Å². The predicted molar refractivity (Wildman–Crippen MR) is 56.5 cm³/mol. The quantitative estimate of drug-likeness (QED) is 0.763. The third kappa shape index (κ3) is 2.06. The van der Waals surface area contributed by atoms with Gasteiger partial charge in [-0.15, -0.1) is 11.3 Å². The van der Waals surface area contributed by atoms with E-state index in [9.17, 15) is 5.11 Å². The van der Waals surface area contributed by atoms with Crippen molar-refractivity contribution in [2.24, 2.45) is 0 Å². The van der Waals surface area contributed by atoms with Gasteiger partial charge in [-0.25, -0.2) is 0 Å². The summed E-state index contributed by atoms with van der Waals surface area (Å²) >= 11 is 7.76. The van der Waals surface area contributed by atoms with E-state index in [0.717, 1.165) is 24.3 Å². The van der Waals surface area contributed by atoms with Gasteiger partial charge >= 0.3 is 0 Å². The zero-order valence-corrected chi connectivity index (χ0v) is 8.94. The minimum absolute atomic E-state index is 0.114. The zero-order valence-electron chi connectivity index (χ0n) is 7.37. The standard InChI is InChI=1S/C10H13ClOS/c11-9-4-5-13-10(9)7-2-1-3-8(12)6-7/h4-5,7-8,12H,1-3,6H2. The van der Waals surface area contributed by atoms with E-state index in [1.807, 2.05) is 11.4 Å². The summed E-state index contributed by atoms with van der Waals surface area (Å²) in [5, 5.41) is 12.4. The minimum Gasteiger partial charge on any atom is -0.393 e. The van der Waals surface area contributed by atoms with E-state index < -0.39 is 0 Å². The molecule has 2 unspecified atom stereocenters. The Bertz CT molecular complexity index is 284. The summed E-state index contributed by atoms with van der Waals surface area (Å²) in [7, 11) is 0. The van der Waals surface area contributed by atoms with Gasteiger partial charge in [0.25, 0.3) is 0 Å². The second-order valence-corrected chi connectivity index (χ2v) is 5.01. The fraction of sp³-hybridized carbons (Fsp3) is 0.600. The van der Waals surface area contributed by atoms with Crippen molar-refractivity contribution in [3.8, 4) is 0 Å². The molecule has 0 radical (unpaired) electrons. The Labute approximate surface area is 87.4 Å². The van der Waals surface area contributed by atoms with Crippen molar-refractivity contribution in [2.75, 3.05) is 0 Å². The Morgan fingerprint density at radius 1 is 1.46 bits per heavy atom.